The molecule has 0 unspecified atom stereocenters. The van der Waals surface area contributed by atoms with Gasteiger partial charge in [0.15, 0.2) is 29.1 Å². The summed E-state index contributed by atoms with van der Waals surface area (Å²) in [5.74, 6) is -6.29. The first kappa shape index (κ1) is 13.5. The number of hydrogen-bond donors (Lipinski definition) is 0. The number of nitrogens with zero attached hydrogens (tertiary/aromatic N) is 3. The molecule has 0 aliphatic heterocycles. The third kappa shape index (κ3) is 2.32. The summed E-state index contributed by atoms with van der Waals surface area (Å²) in [6, 6.07) is 0.587. The molecule has 0 aliphatic rings. The summed E-state index contributed by atoms with van der Waals surface area (Å²) in [5, 5.41) is 4.00. The number of rotatable bonds is 3. The minimum Gasteiger partial charge on any atom is -0.245 e. The van der Waals surface area contributed by atoms with E-state index >= 15 is 0 Å². The molecule has 1 aromatic heterocycles. The normalized spacial score (nSPS) is 11.1. The van der Waals surface area contributed by atoms with Gasteiger partial charge < -0.3 is 0 Å². The zero-order valence-electron chi connectivity index (χ0n) is 10.3. The molecule has 19 heavy (non-hydrogen) atoms. The lowest BCUT2D eigenvalue weighted by Crippen LogP contribution is -2.05. The highest BCUT2D eigenvalue weighted by Gasteiger charge is 2.23. The van der Waals surface area contributed by atoms with Crippen LogP contribution in [-0.4, -0.2) is 14.8 Å². The number of benzene rings is 1. The van der Waals surface area contributed by atoms with Crippen molar-refractivity contribution < 1.29 is 17.6 Å². The molecular weight excluding hydrogens is 262 g/mol. The van der Waals surface area contributed by atoms with E-state index in [4.69, 9.17) is 0 Å². The van der Waals surface area contributed by atoms with Gasteiger partial charge in [-0.1, -0.05) is 6.92 Å². The molecule has 2 rings (SSSR count). The van der Waals surface area contributed by atoms with E-state index < -0.39 is 28.8 Å². The van der Waals surface area contributed by atoms with E-state index in [1.54, 1.807) is 6.92 Å². The summed E-state index contributed by atoms with van der Waals surface area (Å²) in [4.78, 5) is 3.93. The molecular formula is C12H11F4N3. The van der Waals surface area contributed by atoms with E-state index in [1.165, 1.54) is 4.68 Å². The maximum Gasteiger partial charge on any atom is 0.198 e. The zero-order chi connectivity index (χ0) is 14.2. The molecule has 0 radical (unpaired) electrons. The Morgan fingerprint density at radius 3 is 2.42 bits per heavy atom. The smallest absolute Gasteiger partial charge is 0.198 e. The fourth-order valence-corrected chi connectivity index (χ4v) is 1.76. The van der Waals surface area contributed by atoms with Crippen molar-refractivity contribution in [2.75, 3.05) is 0 Å². The van der Waals surface area contributed by atoms with Gasteiger partial charge in [0.05, 0.1) is 5.56 Å². The number of aryl methyl sites for hydroxylation is 2. The molecule has 0 bridgehead atoms. The molecule has 102 valence electrons. The first-order valence-corrected chi connectivity index (χ1v) is 5.70. The minimum atomic E-state index is -1.85. The maximum atomic E-state index is 13.7. The average Bonchev–Trinajstić information content (AvgIpc) is 2.73. The van der Waals surface area contributed by atoms with E-state index in [0.717, 1.165) is 0 Å². The molecule has 3 nitrogen and oxygen atoms in total. The lowest BCUT2D eigenvalue weighted by Gasteiger charge is -2.07. The molecule has 0 atom stereocenters. The van der Waals surface area contributed by atoms with Crippen LogP contribution in [0.3, 0.4) is 0 Å². The van der Waals surface area contributed by atoms with Gasteiger partial charge in [0.1, 0.15) is 5.82 Å². The quantitative estimate of drug-likeness (QED) is 0.488. The molecule has 0 amide bonds. The van der Waals surface area contributed by atoms with Crippen LogP contribution >= 0.6 is 0 Å². The Bertz CT molecular complexity index is 622. The Kier molecular flexibility index (Phi) is 3.55. The van der Waals surface area contributed by atoms with Crippen molar-refractivity contribution in [1.82, 2.24) is 14.8 Å². The van der Waals surface area contributed by atoms with Crippen LogP contribution in [0.2, 0.25) is 0 Å². The zero-order valence-corrected chi connectivity index (χ0v) is 10.3. The van der Waals surface area contributed by atoms with Gasteiger partial charge in [0, 0.05) is 6.54 Å². The third-order valence-corrected chi connectivity index (χ3v) is 2.56. The van der Waals surface area contributed by atoms with Crippen LogP contribution in [0.15, 0.2) is 6.07 Å². The molecule has 0 fully saturated rings. The van der Waals surface area contributed by atoms with Crippen molar-refractivity contribution in [3.8, 4) is 11.4 Å². The molecule has 0 N–H and O–H groups in total. The van der Waals surface area contributed by atoms with Gasteiger partial charge in [0.2, 0.25) is 0 Å². The second-order valence-electron chi connectivity index (χ2n) is 4.05. The summed E-state index contributed by atoms with van der Waals surface area (Å²) >= 11 is 0. The Morgan fingerprint density at radius 2 is 1.79 bits per heavy atom. The van der Waals surface area contributed by atoms with E-state index in [1.807, 2.05) is 6.92 Å². The highest BCUT2D eigenvalue weighted by Crippen LogP contribution is 2.26. The van der Waals surface area contributed by atoms with Crippen LogP contribution in [0, 0.1) is 30.2 Å². The third-order valence-electron chi connectivity index (χ3n) is 2.56. The van der Waals surface area contributed by atoms with Crippen molar-refractivity contribution in [3.63, 3.8) is 0 Å². The Balaban J connectivity index is 2.65. The molecule has 0 saturated carbocycles. The Morgan fingerprint density at radius 1 is 1.11 bits per heavy atom. The summed E-state index contributed by atoms with van der Waals surface area (Å²) in [7, 11) is 0. The monoisotopic (exact) mass is 273 g/mol. The van der Waals surface area contributed by atoms with Gasteiger partial charge in [-0.25, -0.2) is 27.2 Å². The van der Waals surface area contributed by atoms with Crippen LogP contribution < -0.4 is 0 Å². The van der Waals surface area contributed by atoms with Crippen LogP contribution in [0.4, 0.5) is 17.6 Å². The number of halogens is 4. The predicted molar refractivity (Wildman–Crippen MR) is 60.3 cm³/mol. The standard InChI is InChI=1S/C12H11F4N3/c1-3-4-19-12(17-6(2)18-19)7-5-8(13)10(15)11(16)9(7)14/h5H,3-4H2,1-2H3. The molecule has 7 heteroatoms. The maximum absolute atomic E-state index is 13.7. The second-order valence-corrected chi connectivity index (χ2v) is 4.05. The summed E-state index contributed by atoms with van der Waals surface area (Å²) < 4.78 is 54.3. The van der Waals surface area contributed by atoms with Gasteiger partial charge in [-0.2, -0.15) is 5.10 Å². The van der Waals surface area contributed by atoms with Crippen molar-refractivity contribution in [1.29, 1.82) is 0 Å². The van der Waals surface area contributed by atoms with Gasteiger partial charge >= 0.3 is 0 Å². The van der Waals surface area contributed by atoms with E-state index in [-0.39, 0.29) is 5.82 Å². The fraction of sp³-hybridized carbons (Fsp3) is 0.333. The Labute approximate surface area is 106 Å². The van der Waals surface area contributed by atoms with Crippen LogP contribution in [-0.2, 0) is 6.54 Å². The highest BCUT2D eigenvalue weighted by molar-refractivity contribution is 5.56. The predicted octanol–water partition coefficient (Wildman–Crippen LogP) is 3.22. The Hall–Kier alpha value is -1.92. The van der Waals surface area contributed by atoms with Gasteiger partial charge in [0.25, 0.3) is 0 Å². The first-order valence-electron chi connectivity index (χ1n) is 5.70. The SMILES string of the molecule is CCCn1nc(C)nc1-c1cc(F)c(F)c(F)c1F. The van der Waals surface area contributed by atoms with Crippen molar-refractivity contribution in [2.24, 2.45) is 0 Å². The average molecular weight is 273 g/mol. The molecule has 1 heterocycles. The van der Waals surface area contributed by atoms with Crippen LogP contribution in [0.5, 0.6) is 0 Å². The van der Waals surface area contributed by atoms with E-state index in [9.17, 15) is 17.6 Å². The van der Waals surface area contributed by atoms with Crippen molar-refractivity contribution >= 4 is 0 Å². The van der Waals surface area contributed by atoms with Gasteiger partial charge in [-0.05, 0) is 19.4 Å². The van der Waals surface area contributed by atoms with Crippen LogP contribution in [0.1, 0.15) is 19.2 Å². The van der Waals surface area contributed by atoms with E-state index in [2.05, 4.69) is 10.1 Å². The topological polar surface area (TPSA) is 30.7 Å². The van der Waals surface area contributed by atoms with E-state index in [0.29, 0.717) is 24.9 Å². The molecule has 0 saturated heterocycles. The largest absolute Gasteiger partial charge is 0.245 e. The number of aromatic nitrogens is 3. The second kappa shape index (κ2) is 4.99. The van der Waals surface area contributed by atoms with Crippen molar-refractivity contribution in [3.05, 3.63) is 35.2 Å². The summed E-state index contributed by atoms with van der Waals surface area (Å²) in [5.41, 5.74) is -0.439. The summed E-state index contributed by atoms with van der Waals surface area (Å²) in [6.07, 6.45) is 0.684. The molecule has 0 aliphatic carbocycles. The molecule has 1 aromatic carbocycles. The van der Waals surface area contributed by atoms with Crippen molar-refractivity contribution in [2.45, 2.75) is 26.8 Å². The first-order chi connectivity index (χ1) is 8.95. The number of hydrogen-bond acceptors (Lipinski definition) is 2. The fourth-order valence-electron chi connectivity index (χ4n) is 1.76. The summed E-state index contributed by atoms with van der Waals surface area (Å²) in [6.45, 7) is 3.85. The lowest BCUT2D eigenvalue weighted by molar-refractivity contribution is 0.410. The molecule has 0 spiro atoms. The minimum absolute atomic E-state index is 0.0188. The van der Waals surface area contributed by atoms with Gasteiger partial charge in [-0.3, -0.25) is 0 Å². The van der Waals surface area contributed by atoms with Gasteiger partial charge in [-0.15, -0.1) is 0 Å². The highest BCUT2D eigenvalue weighted by atomic mass is 19.2. The lowest BCUT2D eigenvalue weighted by atomic mass is 10.1. The molecule has 2 aromatic rings. The van der Waals surface area contributed by atoms with Crippen LogP contribution in [0.25, 0.3) is 11.4 Å².